The number of likely N-dealkylation sites (tertiary alicyclic amines) is 1. The second-order valence-electron chi connectivity index (χ2n) is 5.87. The predicted molar refractivity (Wildman–Crippen MR) is 86.2 cm³/mol. The van der Waals surface area contributed by atoms with Gasteiger partial charge in [0, 0.05) is 19.1 Å². The molecule has 0 spiro atoms. The lowest BCUT2D eigenvalue weighted by atomic mass is 10.0. The first-order valence-corrected chi connectivity index (χ1v) is 7.97. The van der Waals surface area contributed by atoms with Crippen molar-refractivity contribution in [3.63, 3.8) is 0 Å². The molecule has 4 nitrogen and oxygen atoms in total. The topological polar surface area (TPSA) is 35.6 Å². The first kappa shape index (κ1) is 15.8. The van der Waals surface area contributed by atoms with E-state index in [0.717, 1.165) is 44.5 Å². The Balaban J connectivity index is 1.89. The highest BCUT2D eigenvalue weighted by Crippen LogP contribution is 2.16. The number of benzene rings is 1. The monoisotopic (exact) mass is 289 g/mol. The Morgan fingerprint density at radius 2 is 1.95 bits per heavy atom. The number of nitrogens with one attached hydrogen (secondary N) is 1. The highest BCUT2D eigenvalue weighted by Gasteiger charge is 2.26. The van der Waals surface area contributed by atoms with Crippen LogP contribution in [-0.4, -0.2) is 48.6 Å². The van der Waals surface area contributed by atoms with Gasteiger partial charge in [-0.2, -0.15) is 0 Å². The van der Waals surface area contributed by atoms with E-state index in [2.05, 4.69) is 24.2 Å². The average Bonchev–Trinajstić information content (AvgIpc) is 2.52. The molecule has 0 atom stereocenters. The Hall–Kier alpha value is -1.55. The molecule has 0 unspecified atom stereocenters. The highest BCUT2D eigenvalue weighted by molar-refractivity contribution is 5.74. The molecular weight excluding hydrogens is 262 g/mol. The molecule has 1 heterocycles. The lowest BCUT2D eigenvalue weighted by molar-refractivity contribution is 0.131. The van der Waals surface area contributed by atoms with Crippen molar-refractivity contribution in [3.05, 3.63) is 35.9 Å². The van der Waals surface area contributed by atoms with E-state index in [0.29, 0.717) is 12.6 Å². The summed E-state index contributed by atoms with van der Waals surface area (Å²) in [6.45, 7) is 5.74. The van der Waals surface area contributed by atoms with Crippen LogP contribution in [0.4, 0.5) is 4.79 Å². The molecule has 1 N–H and O–H groups in total. The van der Waals surface area contributed by atoms with Gasteiger partial charge >= 0.3 is 6.03 Å². The van der Waals surface area contributed by atoms with Gasteiger partial charge in [0.25, 0.3) is 0 Å². The predicted octanol–water partition coefficient (Wildman–Crippen LogP) is 2.70. The Bertz CT molecular complexity index is 427. The normalized spacial score (nSPS) is 16.7. The third-order valence-corrected chi connectivity index (χ3v) is 4.14. The summed E-state index contributed by atoms with van der Waals surface area (Å²) in [5, 5.41) is 3.07. The number of hydrogen-bond donors (Lipinski definition) is 1. The van der Waals surface area contributed by atoms with Crippen molar-refractivity contribution < 1.29 is 4.79 Å². The zero-order valence-corrected chi connectivity index (χ0v) is 13.2. The van der Waals surface area contributed by atoms with E-state index in [4.69, 9.17) is 0 Å². The van der Waals surface area contributed by atoms with Crippen molar-refractivity contribution in [2.45, 2.75) is 38.8 Å². The van der Waals surface area contributed by atoms with E-state index in [9.17, 15) is 4.79 Å². The lowest BCUT2D eigenvalue weighted by Gasteiger charge is -2.37. The molecule has 0 radical (unpaired) electrons. The van der Waals surface area contributed by atoms with Crippen LogP contribution in [0.1, 0.15) is 31.7 Å². The average molecular weight is 289 g/mol. The summed E-state index contributed by atoms with van der Waals surface area (Å²) in [4.78, 5) is 16.9. The summed E-state index contributed by atoms with van der Waals surface area (Å²) < 4.78 is 0. The van der Waals surface area contributed by atoms with Crippen LogP contribution >= 0.6 is 0 Å². The zero-order valence-electron chi connectivity index (χ0n) is 13.2. The summed E-state index contributed by atoms with van der Waals surface area (Å²) in [5.74, 6) is 0. The number of urea groups is 1. The van der Waals surface area contributed by atoms with Gasteiger partial charge in [0.2, 0.25) is 0 Å². The van der Waals surface area contributed by atoms with Gasteiger partial charge in [0.15, 0.2) is 0 Å². The maximum atomic E-state index is 12.5. The molecule has 1 fully saturated rings. The number of rotatable bonds is 5. The molecule has 1 aromatic carbocycles. The second kappa shape index (κ2) is 8.03. The first-order valence-electron chi connectivity index (χ1n) is 7.97. The van der Waals surface area contributed by atoms with Crippen LogP contribution in [0.15, 0.2) is 30.3 Å². The number of hydrogen-bond acceptors (Lipinski definition) is 2. The zero-order chi connectivity index (χ0) is 15.1. The summed E-state index contributed by atoms with van der Waals surface area (Å²) in [7, 11) is 2.15. The van der Waals surface area contributed by atoms with Crippen molar-refractivity contribution in [3.8, 4) is 0 Å². The summed E-state index contributed by atoms with van der Waals surface area (Å²) >= 11 is 0. The summed E-state index contributed by atoms with van der Waals surface area (Å²) in [6.07, 6.45) is 3.16. The fourth-order valence-electron chi connectivity index (χ4n) is 2.87. The van der Waals surface area contributed by atoms with Gasteiger partial charge in [-0.25, -0.2) is 4.79 Å². The molecular formula is C17H27N3O. The molecule has 0 saturated carbocycles. The second-order valence-corrected chi connectivity index (χ2v) is 5.87. The van der Waals surface area contributed by atoms with Gasteiger partial charge in [-0.15, -0.1) is 0 Å². The summed E-state index contributed by atoms with van der Waals surface area (Å²) in [6, 6.07) is 10.5. The largest absolute Gasteiger partial charge is 0.334 e. The molecule has 1 aliphatic rings. The Morgan fingerprint density at radius 1 is 1.29 bits per heavy atom. The van der Waals surface area contributed by atoms with Crippen LogP contribution < -0.4 is 5.32 Å². The number of nitrogens with zero attached hydrogens (tertiary/aromatic N) is 2. The van der Waals surface area contributed by atoms with Gasteiger partial charge in [-0.1, -0.05) is 37.3 Å². The molecule has 1 aromatic rings. The molecule has 2 rings (SSSR count). The highest BCUT2D eigenvalue weighted by atomic mass is 16.2. The third kappa shape index (κ3) is 4.74. The molecule has 1 aliphatic heterocycles. The number of piperidine rings is 1. The van der Waals surface area contributed by atoms with E-state index >= 15 is 0 Å². The Labute approximate surface area is 128 Å². The van der Waals surface area contributed by atoms with Crippen LogP contribution in [0.25, 0.3) is 0 Å². The van der Waals surface area contributed by atoms with Crippen LogP contribution in [-0.2, 0) is 6.54 Å². The standard InChI is InChI=1S/C17H27N3O/c1-3-11-20(16-9-12-19(2)13-10-16)17(21)18-14-15-7-5-4-6-8-15/h4-8,16H,3,9-14H2,1-2H3,(H,18,21). The first-order chi connectivity index (χ1) is 10.2. The molecule has 0 bridgehead atoms. The van der Waals surface area contributed by atoms with Gasteiger partial charge in [0.1, 0.15) is 0 Å². The molecule has 2 amide bonds. The smallest absolute Gasteiger partial charge is 0.317 e. The SMILES string of the molecule is CCCN(C(=O)NCc1ccccc1)C1CCN(C)CC1. The maximum Gasteiger partial charge on any atom is 0.317 e. The minimum Gasteiger partial charge on any atom is -0.334 e. The van der Waals surface area contributed by atoms with Crippen LogP contribution in [0.5, 0.6) is 0 Å². The van der Waals surface area contributed by atoms with E-state index < -0.39 is 0 Å². The van der Waals surface area contributed by atoms with E-state index in [1.165, 1.54) is 0 Å². The minimum atomic E-state index is 0.0789. The van der Waals surface area contributed by atoms with Gasteiger partial charge in [0.05, 0.1) is 0 Å². The minimum absolute atomic E-state index is 0.0789. The van der Waals surface area contributed by atoms with Crippen molar-refractivity contribution in [2.24, 2.45) is 0 Å². The van der Waals surface area contributed by atoms with Gasteiger partial charge in [-0.05, 0) is 45.0 Å². The van der Waals surface area contributed by atoms with Crippen molar-refractivity contribution in [1.29, 1.82) is 0 Å². The fraction of sp³-hybridized carbons (Fsp3) is 0.588. The van der Waals surface area contributed by atoms with Gasteiger partial charge in [-0.3, -0.25) is 0 Å². The number of amides is 2. The fourth-order valence-corrected chi connectivity index (χ4v) is 2.87. The van der Waals surface area contributed by atoms with Crippen LogP contribution in [0, 0.1) is 0 Å². The molecule has 0 aliphatic carbocycles. The third-order valence-electron chi connectivity index (χ3n) is 4.14. The van der Waals surface area contributed by atoms with Crippen molar-refractivity contribution >= 4 is 6.03 Å². The van der Waals surface area contributed by atoms with Gasteiger partial charge < -0.3 is 15.1 Å². The molecule has 4 heteroatoms. The van der Waals surface area contributed by atoms with E-state index in [1.807, 2.05) is 35.2 Å². The van der Waals surface area contributed by atoms with E-state index in [-0.39, 0.29) is 6.03 Å². The molecule has 21 heavy (non-hydrogen) atoms. The van der Waals surface area contributed by atoms with Crippen molar-refractivity contribution in [2.75, 3.05) is 26.7 Å². The maximum absolute atomic E-state index is 12.5. The lowest BCUT2D eigenvalue weighted by Crippen LogP contribution is -2.50. The Morgan fingerprint density at radius 3 is 2.57 bits per heavy atom. The Kier molecular flexibility index (Phi) is 6.05. The molecule has 1 saturated heterocycles. The quantitative estimate of drug-likeness (QED) is 0.904. The van der Waals surface area contributed by atoms with Crippen molar-refractivity contribution in [1.82, 2.24) is 15.1 Å². The number of carbonyl (C=O) groups excluding carboxylic acids is 1. The van der Waals surface area contributed by atoms with Crippen LogP contribution in [0.3, 0.4) is 0 Å². The molecule has 116 valence electrons. The number of carbonyl (C=O) groups is 1. The van der Waals surface area contributed by atoms with E-state index in [1.54, 1.807) is 0 Å². The van der Waals surface area contributed by atoms with Crippen LogP contribution in [0.2, 0.25) is 0 Å². The molecule has 0 aromatic heterocycles. The summed E-state index contributed by atoms with van der Waals surface area (Å²) in [5.41, 5.74) is 1.14.